The van der Waals surface area contributed by atoms with E-state index in [1.54, 1.807) is 16.4 Å². The van der Waals surface area contributed by atoms with Crippen LogP contribution in [0.4, 0.5) is 0 Å². The lowest BCUT2D eigenvalue weighted by atomic mass is 10.3. The normalized spacial score (nSPS) is 12.6. The van der Waals surface area contributed by atoms with E-state index in [1.165, 1.54) is 0 Å². The minimum Gasteiger partial charge on any atom is -0.396 e. The van der Waals surface area contributed by atoms with Crippen LogP contribution in [-0.2, 0) is 0 Å². The maximum absolute atomic E-state index is 8.88. The first kappa shape index (κ1) is 12.1. The Kier molecular flexibility index (Phi) is 4.11. The molecule has 6 heteroatoms. The molecule has 0 aliphatic rings. The zero-order chi connectivity index (χ0) is 12.1. The summed E-state index contributed by atoms with van der Waals surface area (Å²) >= 11 is 1.56. The van der Waals surface area contributed by atoms with Crippen molar-refractivity contribution >= 4 is 11.8 Å². The van der Waals surface area contributed by atoms with E-state index in [1.807, 2.05) is 37.3 Å². The molecule has 17 heavy (non-hydrogen) atoms. The average molecular weight is 250 g/mol. The molecule has 1 heterocycles. The summed E-state index contributed by atoms with van der Waals surface area (Å²) in [6, 6.07) is 9.76. The van der Waals surface area contributed by atoms with Crippen molar-refractivity contribution in [3.8, 4) is 5.69 Å². The van der Waals surface area contributed by atoms with Crippen molar-refractivity contribution in [3.05, 3.63) is 30.3 Å². The molecule has 0 saturated carbocycles. The topological polar surface area (TPSA) is 63.8 Å². The molecule has 0 radical (unpaired) electrons. The van der Waals surface area contributed by atoms with Gasteiger partial charge < -0.3 is 5.11 Å². The molecular formula is C11H14N4OS. The summed E-state index contributed by atoms with van der Waals surface area (Å²) in [5.41, 5.74) is 0.941. The van der Waals surface area contributed by atoms with E-state index in [2.05, 4.69) is 15.5 Å². The molecule has 0 amide bonds. The Bertz CT molecular complexity index is 460. The molecule has 1 aromatic carbocycles. The van der Waals surface area contributed by atoms with Crippen LogP contribution in [-0.4, -0.2) is 37.2 Å². The summed E-state index contributed by atoms with van der Waals surface area (Å²) < 4.78 is 1.71. The van der Waals surface area contributed by atoms with E-state index in [4.69, 9.17) is 5.11 Å². The number of para-hydroxylation sites is 1. The third kappa shape index (κ3) is 3.04. The van der Waals surface area contributed by atoms with Crippen LogP contribution in [0.3, 0.4) is 0 Å². The zero-order valence-electron chi connectivity index (χ0n) is 9.52. The van der Waals surface area contributed by atoms with Crippen molar-refractivity contribution < 1.29 is 5.11 Å². The predicted molar refractivity (Wildman–Crippen MR) is 66.2 cm³/mol. The van der Waals surface area contributed by atoms with Crippen molar-refractivity contribution in [2.75, 3.05) is 6.61 Å². The summed E-state index contributed by atoms with van der Waals surface area (Å²) in [6.45, 7) is 2.23. The average Bonchev–Trinajstić information content (AvgIpc) is 2.78. The molecule has 90 valence electrons. The molecule has 1 atom stereocenters. The Morgan fingerprint density at radius 3 is 2.82 bits per heavy atom. The van der Waals surface area contributed by atoms with Crippen LogP contribution in [0.25, 0.3) is 5.69 Å². The van der Waals surface area contributed by atoms with Crippen LogP contribution < -0.4 is 0 Å². The van der Waals surface area contributed by atoms with Gasteiger partial charge in [-0.1, -0.05) is 36.9 Å². The number of aromatic nitrogens is 4. The molecular weight excluding hydrogens is 236 g/mol. The van der Waals surface area contributed by atoms with Gasteiger partial charge in [-0.2, -0.15) is 4.68 Å². The number of aliphatic hydroxyl groups is 1. The van der Waals surface area contributed by atoms with Gasteiger partial charge in [0.25, 0.3) is 0 Å². The minimum absolute atomic E-state index is 0.182. The van der Waals surface area contributed by atoms with Crippen LogP contribution in [0.15, 0.2) is 35.5 Å². The predicted octanol–water partition coefficient (Wildman–Crippen LogP) is 1.53. The molecule has 1 aromatic heterocycles. The van der Waals surface area contributed by atoms with Gasteiger partial charge in [0.05, 0.1) is 5.69 Å². The lowest BCUT2D eigenvalue weighted by Crippen LogP contribution is -2.04. The van der Waals surface area contributed by atoms with Crippen LogP contribution in [0.1, 0.15) is 13.3 Å². The summed E-state index contributed by atoms with van der Waals surface area (Å²) in [5, 5.41) is 21.6. The van der Waals surface area contributed by atoms with Crippen molar-refractivity contribution in [3.63, 3.8) is 0 Å². The fraction of sp³-hybridized carbons (Fsp3) is 0.364. The fourth-order valence-electron chi connectivity index (χ4n) is 1.40. The lowest BCUT2D eigenvalue weighted by molar-refractivity contribution is 0.289. The van der Waals surface area contributed by atoms with Gasteiger partial charge in [0.2, 0.25) is 5.16 Å². The van der Waals surface area contributed by atoms with Gasteiger partial charge in [0.1, 0.15) is 0 Å². The summed E-state index contributed by atoms with van der Waals surface area (Å²) in [4.78, 5) is 0. The molecule has 2 rings (SSSR count). The van der Waals surface area contributed by atoms with E-state index in [-0.39, 0.29) is 11.9 Å². The SMILES string of the molecule is CC(CCO)Sc1nnnn1-c1ccccc1. The maximum atomic E-state index is 8.88. The third-order valence-electron chi connectivity index (χ3n) is 2.28. The second-order valence-corrected chi connectivity index (χ2v) is 5.06. The molecule has 0 spiro atoms. The Labute approximate surface area is 104 Å². The number of hydrogen-bond acceptors (Lipinski definition) is 5. The van der Waals surface area contributed by atoms with Crippen molar-refractivity contribution in [1.29, 1.82) is 0 Å². The molecule has 0 aliphatic carbocycles. The van der Waals surface area contributed by atoms with Crippen LogP contribution >= 0.6 is 11.8 Å². The smallest absolute Gasteiger partial charge is 0.214 e. The molecule has 0 saturated heterocycles. The van der Waals surface area contributed by atoms with E-state index in [0.29, 0.717) is 0 Å². The summed E-state index contributed by atoms with van der Waals surface area (Å²) in [5.74, 6) is 0. The van der Waals surface area contributed by atoms with Gasteiger partial charge >= 0.3 is 0 Å². The molecule has 1 N–H and O–H groups in total. The number of aliphatic hydroxyl groups excluding tert-OH is 1. The second kappa shape index (κ2) is 5.79. The van der Waals surface area contributed by atoms with Crippen molar-refractivity contribution in [2.45, 2.75) is 23.8 Å². The molecule has 0 fully saturated rings. The first-order valence-corrected chi connectivity index (χ1v) is 6.30. The van der Waals surface area contributed by atoms with Gasteiger partial charge in [-0.15, -0.1) is 5.10 Å². The van der Waals surface area contributed by atoms with Gasteiger partial charge in [0, 0.05) is 11.9 Å². The van der Waals surface area contributed by atoms with Gasteiger partial charge in [-0.05, 0) is 29.0 Å². The largest absolute Gasteiger partial charge is 0.396 e. The van der Waals surface area contributed by atoms with E-state index in [0.717, 1.165) is 17.3 Å². The van der Waals surface area contributed by atoms with Crippen LogP contribution in [0.2, 0.25) is 0 Å². The van der Waals surface area contributed by atoms with Gasteiger partial charge in [-0.3, -0.25) is 0 Å². The minimum atomic E-state index is 0.182. The zero-order valence-corrected chi connectivity index (χ0v) is 10.3. The number of nitrogens with zero attached hydrogens (tertiary/aromatic N) is 4. The molecule has 2 aromatic rings. The first-order chi connectivity index (χ1) is 8.31. The first-order valence-electron chi connectivity index (χ1n) is 5.42. The Hall–Kier alpha value is -1.40. The molecule has 0 bridgehead atoms. The Morgan fingerprint density at radius 1 is 1.35 bits per heavy atom. The van der Waals surface area contributed by atoms with E-state index in [9.17, 15) is 0 Å². The molecule has 1 unspecified atom stereocenters. The third-order valence-corrected chi connectivity index (χ3v) is 3.39. The highest BCUT2D eigenvalue weighted by atomic mass is 32.2. The number of thioether (sulfide) groups is 1. The van der Waals surface area contributed by atoms with Crippen molar-refractivity contribution in [1.82, 2.24) is 20.2 Å². The maximum Gasteiger partial charge on any atom is 0.214 e. The monoisotopic (exact) mass is 250 g/mol. The summed E-state index contributed by atoms with van der Waals surface area (Å²) in [7, 11) is 0. The second-order valence-electron chi connectivity index (χ2n) is 3.65. The fourth-order valence-corrected chi connectivity index (χ4v) is 2.31. The highest BCUT2D eigenvalue weighted by Gasteiger charge is 2.12. The highest BCUT2D eigenvalue weighted by Crippen LogP contribution is 2.24. The quantitative estimate of drug-likeness (QED) is 0.815. The van der Waals surface area contributed by atoms with Gasteiger partial charge in [0.15, 0.2) is 0 Å². The lowest BCUT2D eigenvalue weighted by Gasteiger charge is -2.08. The number of tetrazole rings is 1. The van der Waals surface area contributed by atoms with Crippen LogP contribution in [0, 0.1) is 0 Å². The number of rotatable bonds is 5. The Balaban J connectivity index is 2.18. The molecule has 5 nitrogen and oxygen atoms in total. The highest BCUT2D eigenvalue weighted by molar-refractivity contribution is 7.99. The van der Waals surface area contributed by atoms with Crippen molar-refractivity contribution in [2.24, 2.45) is 0 Å². The number of hydrogen-bond donors (Lipinski definition) is 1. The number of benzene rings is 1. The standard InChI is InChI=1S/C11H14N4OS/c1-9(7-8-16)17-11-12-13-14-15(11)10-5-3-2-4-6-10/h2-6,9,16H,7-8H2,1H3. The molecule has 0 aliphatic heterocycles. The van der Waals surface area contributed by atoms with Crippen LogP contribution in [0.5, 0.6) is 0 Å². The van der Waals surface area contributed by atoms with E-state index >= 15 is 0 Å². The summed E-state index contributed by atoms with van der Waals surface area (Å²) in [6.07, 6.45) is 0.728. The van der Waals surface area contributed by atoms with E-state index < -0.39 is 0 Å². The Morgan fingerprint density at radius 2 is 2.12 bits per heavy atom. The van der Waals surface area contributed by atoms with Gasteiger partial charge in [-0.25, -0.2) is 0 Å².